The van der Waals surface area contributed by atoms with E-state index >= 15 is 0 Å². The Morgan fingerprint density at radius 1 is 1.24 bits per heavy atom. The van der Waals surface area contributed by atoms with Gasteiger partial charge in [0.05, 0.1) is 12.0 Å². The van der Waals surface area contributed by atoms with E-state index in [0.717, 1.165) is 0 Å². The zero-order valence-corrected chi connectivity index (χ0v) is 8.53. The second-order valence-corrected chi connectivity index (χ2v) is 3.09. The summed E-state index contributed by atoms with van der Waals surface area (Å²) in [4.78, 5) is 39.7. The number of rotatable bonds is 5. The number of aliphatic carboxylic acids is 2. The lowest BCUT2D eigenvalue weighted by molar-refractivity contribution is -0.145. The number of nitrogens with one attached hydrogen (secondary N) is 1. The molecule has 8 heteroatoms. The van der Waals surface area contributed by atoms with Crippen molar-refractivity contribution in [1.82, 2.24) is 15.3 Å². The highest BCUT2D eigenvalue weighted by Crippen LogP contribution is 1.98. The Kier molecular flexibility index (Phi) is 4.09. The Bertz CT molecular complexity index is 434. The molecule has 0 bridgehead atoms. The highest BCUT2D eigenvalue weighted by Gasteiger charge is 2.23. The summed E-state index contributed by atoms with van der Waals surface area (Å²) in [6, 6.07) is -1.49. The minimum absolute atomic E-state index is 0.0594. The summed E-state index contributed by atoms with van der Waals surface area (Å²) in [5.41, 5.74) is 0.0594. The van der Waals surface area contributed by atoms with Crippen LogP contribution in [0.3, 0.4) is 0 Å². The number of hydrogen-bond donors (Lipinski definition) is 3. The van der Waals surface area contributed by atoms with Gasteiger partial charge in [-0.25, -0.2) is 14.8 Å². The second kappa shape index (κ2) is 5.54. The van der Waals surface area contributed by atoms with E-state index < -0.39 is 30.3 Å². The van der Waals surface area contributed by atoms with E-state index in [1.165, 1.54) is 18.7 Å². The van der Waals surface area contributed by atoms with E-state index in [2.05, 4.69) is 15.3 Å². The molecule has 0 unspecified atom stereocenters. The van der Waals surface area contributed by atoms with Crippen molar-refractivity contribution in [2.24, 2.45) is 0 Å². The Balaban J connectivity index is 2.71. The molecular weight excluding hydrogens is 230 g/mol. The van der Waals surface area contributed by atoms with E-state index in [1.807, 2.05) is 0 Å². The van der Waals surface area contributed by atoms with Crippen LogP contribution in [0.1, 0.15) is 16.8 Å². The first-order chi connectivity index (χ1) is 8.00. The molecule has 0 aliphatic heterocycles. The fourth-order valence-corrected chi connectivity index (χ4v) is 1.03. The summed E-state index contributed by atoms with van der Waals surface area (Å²) >= 11 is 0. The fraction of sp³-hybridized carbons (Fsp3) is 0.222. The van der Waals surface area contributed by atoms with Crippen molar-refractivity contribution in [1.29, 1.82) is 0 Å². The number of amides is 1. The lowest BCUT2D eigenvalue weighted by Crippen LogP contribution is -2.42. The van der Waals surface area contributed by atoms with Crippen LogP contribution in [0.2, 0.25) is 0 Å². The van der Waals surface area contributed by atoms with E-state index in [1.54, 1.807) is 0 Å². The molecule has 0 saturated carbocycles. The molecule has 0 aliphatic carbocycles. The second-order valence-electron chi connectivity index (χ2n) is 3.09. The van der Waals surface area contributed by atoms with Crippen molar-refractivity contribution < 1.29 is 24.6 Å². The predicted octanol–water partition coefficient (Wildman–Crippen LogP) is -0.866. The summed E-state index contributed by atoms with van der Waals surface area (Å²) in [5.74, 6) is -3.47. The van der Waals surface area contributed by atoms with Gasteiger partial charge in [0.2, 0.25) is 0 Å². The third-order valence-electron chi connectivity index (χ3n) is 1.80. The van der Waals surface area contributed by atoms with Crippen molar-refractivity contribution in [2.45, 2.75) is 12.5 Å². The molecule has 1 amide bonds. The molecule has 0 fully saturated rings. The van der Waals surface area contributed by atoms with Crippen LogP contribution in [-0.4, -0.2) is 44.1 Å². The summed E-state index contributed by atoms with van der Waals surface area (Å²) in [6.07, 6.45) is 2.90. The highest BCUT2D eigenvalue weighted by atomic mass is 16.4. The largest absolute Gasteiger partial charge is 0.481 e. The molecule has 1 aromatic heterocycles. The van der Waals surface area contributed by atoms with Crippen molar-refractivity contribution in [2.75, 3.05) is 0 Å². The van der Waals surface area contributed by atoms with Gasteiger partial charge in [0.15, 0.2) is 0 Å². The lowest BCUT2D eigenvalue weighted by Gasteiger charge is -2.11. The van der Waals surface area contributed by atoms with Gasteiger partial charge < -0.3 is 15.5 Å². The van der Waals surface area contributed by atoms with Gasteiger partial charge >= 0.3 is 11.9 Å². The molecule has 8 nitrogen and oxygen atoms in total. The standard InChI is InChI=1S/C9H9N3O5/c13-7(14)1-6(9(16)17)12-8(15)5-2-10-4-11-3-5/h2-4,6H,1H2,(H,12,15)(H,13,14)(H,16,17)/t6-/m1/s1. The van der Waals surface area contributed by atoms with Crippen molar-refractivity contribution >= 4 is 17.8 Å². The minimum atomic E-state index is -1.49. The molecule has 3 N–H and O–H groups in total. The number of aromatic nitrogens is 2. The zero-order chi connectivity index (χ0) is 12.8. The third kappa shape index (κ3) is 3.86. The smallest absolute Gasteiger partial charge is 0.326 e. The number of hydrogen-bond acceptors (Lipinski definition) is 5. The van der Waals surface area contributed by atoms with E-state index in [-0.39, 0.29) is 5.56 Å². The maximum absolute atomic E-state index is 11.5. The molecule has 1 aromatic rings. The monoisotopic (exact) mass is 239 g/mol. The van der Waals surface area contributed by atoms with Gasteiger partial charge in [-0.3, -0.25) is 9.59 Å². The Labute approximate surface area is 95.3 Å². The molecule has 0 aliphatic rings. The van der Waals surface area contributed by atoms with Crippen LogP contribution >= 0.6 is 0 Å². The van der Waals surface area contributed by atoms with Gasteiger partial charge in [0.1, 0.15) is 12.4 Å². The van der Waals surface area contributed by atoms with Crippen LogP contribution in [0, 0.1) is 0 Å². The molecule has 90 valence electrons. The van der Waals surface area contributed by atoms with Gasteiger partial charge in [-0.1, -0.05) is 0 Å². The molecule has 0 radical (unpaired) electrons. The summed E-state index contributed by atoms with van der Waals surface area (Å²) in [5, 5.41) is 19.3. The van der Waals surface area contributed by atoms with Crippen LogP contribution < -0.4 is 5.32 Å². The van der Waals surface area contributed by atoms with Crippen LogP contribution in [0.5, 0.6) is 0 Å². The minimum Gasteiger partial charge on any atom is -0.481 e. The first kappa shape index (κ1) is 12.6. The lowest BCUT2D eigenvalue weighted by atomic mass is 10.2. The van der Waals surface area contributed by atoms with Gasteiger partial charge in [0, 0.05) is 12.4 Å². The molecule has 1 rings (SSSR count). The Morgan fingerprint density at radius 3 is 2.29 bits per heavy atom. The number of carbonyl (C=O) groups excluding carboxylic acids is 1. The van der Waals surface area contributed by atoms with Gasteiger partial charge in [-0.15, -0.1) is 0 Å². The van der Waals surface area contributed by atoms with Crippen molar-refractivity contribution in [3.05, 3.63) is 24.3 Å². The maximum atomic E-state index is 11.5. The summed E-state index contributed by atoms with van der Waals surface area (Å²) in [6.45, 7) is 0. The van der Waals surface area contributed by atoms with Gasteiger partial charge in [0.25, 0.3) is 5.91 Å². The third-order valence-corrected chi connectivity index (χ3v) is 1.80. The average Bonchev–Trinajstić information content (AvgIpc) is 2.28. The van der Waals surface area contributed by atoms with Gasteiger partial charge in [-0.2, -0.15) is 0 Å². The SMILES string of the molecule is O=C(O)C[C@@H](NC(=O)c1cncnc1)C(=O)O. The average molecular weight is 239 g/mol. The molecule has 1 heterocycles. The topological polar surface area (TPSA) is 129 Å². The normalized spacial score (nSPS) is 11.5. The predicted molar refractivity (Wildman–Crippen MR) is 53.2 cm³/mol. The maximum Gasteiger partial charge on any atom is 0.326 e. The fourth-order valence-electron chi connectivity index (χ4n) is 1.03. The van der Waals surface area contributed by atoms with Crippen LogP contribution in [0.15, 0.2) is 18.7 Å². The van der Waals surface area contributed by atoms with Crippen molar-refractivity contribution in [3.8, 4) is 0 Å². The van der Waals surface area contributed by atoms with E-state index in [4.69, 9.17) is 10.2 Å². The van der Waals surface area contributed by atoms with E-state index in [9.17, 15) is 14.4 Å². The van der Waals surface area contributed by atoms with Crippen LogP contribution in [0.4, 0.5) is 0 Å². The highest BCUT2D eigenvalue weighted by molar-refractivity contribution is 5.96. The number of carboxylic acid groups (broad SMARTS) is 2. The molecule has 0 saturated heterocycles. The quantitative estimate of drug-likeness (QED) is 0.609. The molecular formula is C9H9N3O5. The van der Waals surface area contributed by atoms with Crippen LogP contribution in [0.25, 0.3) is 0 Å². The first-order valence-electron chi connectivity index (χ1n) is 4.51. The molecule has 1 atom stereocenters. The Morgan fingerprint density at radius 2 is 1.82 bits per heavy atom. The van der Waals surface area contributed by atoms with E-state index in [0.29, 0.717) is 0 Å². The molecule has 17 heavy (non-hydrogen) atoms. The molecule has 0 spiro atoms. The molecule has 0 aromatic carbocycles. The van der Waals surface area contributed by atoms with Crippen molar-refractivity contribution in [3.63, 3.8) is 0 Å². The summed E-state index contributed by atoms with van der Waals surface area (Å²) < 4.78 is 0. The van der Waals surface area contributed by atoms with Gasteiger partial charge in [-0.05, 0) is 0 Å². The zero-order valence-electron chi connectivity index (χ0n) is 8.53. The number of carboxylic acids is 2. The number of nitrogens with zero attached hydrogens (tertiary/aromatic N) is 2. The summed E-state index contributed by atoms with van der Waals surface area (Å²) in [7, 11) is 0. The Hall–Kier alpha value is -2.51. The number of carbonyl (C=O) groups is 3. The first-order valence-corrected chi connectivity index (χ1v) is 4.51. The van der Waals surface area contributed by atoms with Crippen LogP contribution in [-0.2, 0) is 9.59 Å².